The van der Waals surface area contributed by atoms with Crippen LogP contribution in [0.25, 0.3) is 0 Å². The van der Waals surface area contributed by atoms with Crippen molar-refractivity contribution >= 4 is 23.4 Å². The SMILES string of the molecule is CCN(Cc1ccccc1)c1ccnc(NCCc2ccc(Cl)cc2)n1. The third-order valence-corrected chi connectivity index (χ3v) is 4.42. The van der Waals surface area contributed by atoms with Crippen LogP contribution in [0.4, 0.5) is 11.8 Å². The summed E-state index contributed by atoms with van der Waals surface area (Å²) in [6, 6.07) is 20.3. The van der Waals surface area contributed by atoms with Gasteiger partial charge in [-0.3, -0.25) is 0 Å². The highest BCUT2D eigenvalue weighted by Crippen LogP contribution is 2.16. The Morgan fingerprint density at radius 3 is 2.46 bits per heavy atom. The lowest BCUT2D eigenvalue weighted by Crippen LogP contribution is -2.23. The van der Waals surface area contributed by atoms with Gasteiger partial charge in [-0.1, -0.05) is 54.1 Å². The molecule has 0 radical (unpaired) electrons. The number of rotatable bonds is 8. The summed E-state index contributed by atoms with van der Waals surface area (Å²) in [6.07, 6.45) is 2.70. The van der Waals surface area contributed by atoms with Crippen LogP contribution in [0, 0.1) is 0 Å². The van der Waals surface area contributed by atoms with Crippen molar-refractivity contribution in [3.63, 3.8) is 0 Å². The molecule has 26 heavy (non-hydrogen) atoms. The predicted molar refractivity (Wildman–Crippen MR) is 109 cm³/mol. The minimum Gasteiger partial charge on any atom is -0.354 e. The second-order valence-corrected chi connectivity index (χ2v) is 6.48. The monoisotopic (exact) mass is 366 g/mol. The third-order valence-electron chi connectivity index (χ3n) is 4.17. The predicted octanol–water partition coefficient (Wildman–Crippen LogP) is 4.81. The first kappa shape index (κ1) is 18.2. The van der Waals surface area contributed by atoms with E-state index in [0.29, 0.717) is 5.95 Å². The van der Waals surface area contributed by atoms with Crippen molar-refractivity contribution in [2.45, 2.75) is 19.9 Å². The van der Waals surface area contributed by atoms with Crippen molar-refractivity contribution in [1.82, 2.24) is 9.97 Å². The van der Waals surface area contributed by atoms with E-state index in [9.17, 15) is 0 Å². The highest BCUT2D eigenvalue weighted by atomic mass is 35.5. The molecule has 0 fully saturated rings. The van der Waals surface area contributed by atoms with Crippen LogP contribution in [0.5, 0.6) is 0 Å². The molecule has 0 aliphatic rings. The zero-order valence-corrected chi connectivity index (χ0v) is 15.7. The maximum Gasteiger partial charge on any atom is 0.224 e. The Kier molecular flexibility index (Phi) is 6.45. The molecular formula is C21H23ClN4. The van der Waals surface area contributed by atoms with E-state index in [1.807, 2.05) is 36.4 Å². The Hall–Kier alpha value is -2.59. The smallest absolute Gasteiger partial charge is 0.224 e. The molecule has 0 atom stereocenters. The Morgan fingerprint density at radius 2 is 1.73 bits per heavy atom. The van der Waals surface area contributed by atoms with Gasteiger partial charge < -0.3 is 10.2 Å². The van der Waals surface area contributed by atoms with Gasteiger partial charge in [0.1, 0.15) is 5.82 Å². The second kappa shape index (κ2) is 9.20. The van der Waals surface area contributed by atoms with Gasteiger partial charge in [0.25, 0.3) is 0 Å². The summed E-state index contributed by atoms with van der Waals surface area (Å²) in [4.78, 5) is 11.2. The van der Waals surface area contributed by atoms with Crippen LogP contribution in [-0.4, -0.2) is 23.1 Å². The van der Waals surface area contributed by atoms with E-state index in [-0.39, 0.29) is 0 Å². The molecule has 3 aromatic rings. The van der Waals surface area contributed by atoms with Crippen molar-refractivity contribution in [3.05, 3.63) is 83.0 Å². The normalized spacial score (nSPS) is 10.5. The molecule has 0 aliphatic carbocycles. The minimum absolute atomic E-state index is 0.656. The molecule has 0 saturated carbocycles. The van der Waals surface area contributed by atoms with E-state index >= 15 is 0 Å². The average Bonchev–Trinajstić information content (AvgIpc) is 2.69. The first-order valence-corrected chi connectivity index (χ1v) is 9.22. The summed E-state index contributed by atoms with van der Waals surface area (Å²) >= 11 is 5.92. The topological polar surface area (TPSA) is 41.1 Å². The number of benzene rings is 2. The van der Waals surface area contributed by atoms with Crippen molar-refractivity contribution in [2.75, 3.05) is 23.3 Å². The second-order valence-electron chi connectivity index (χ2n) is 6.04. The number of nitrogens with one attached hydrogen (secondary N) is 1. The summed E-state index contributed by atoms with van der Waals surface area (Å²) in [5.41, 5.74) is 2.50. The van der Waals surface area contributed by atoms with Crippen molar-refractivity contribution in [1.29, 1.82) is 0 Å². The maximum absolute atomic E-state index is 5.92. The summed E-state index contributed by atoms with van der Waals surface area (Å²) < 4.78 is 0. The van der Waals surface area contributed by atoms with Gasteiger partial charge in [-0.15, -0.1) is 0 Å². The fourth-order valence-electron chi connectivity index (χ4n) is 2.74. The zero-order valence-electron chi connectivity index (χ0n) is 14.9. The molecule has 2 aromatic carbocycles. The lowest BCUT2D eigenvalue weighted by Gasteiger charge is -2.22. The van der Waals surface area contributed by atoms with E-state index in [2.05, 4.69) is 51.4 Å². The van der Waals surface area contributed by atoms with Crippen molar-refractivity contribution in [3.8, 4) is 0 Å². The first-order valence-electron chi connectivity index (χ1n) is 8.85. The van der Waals surface area contributed by atoms with E-state index in [1.54, 1.807) is 6.20 Å². The molecule has 1 N–H and O–H groups in total. The Labute approximate surface area is 159 Å². The van der Waals surface area contributed by atoms with E-state index in [0.717, 1.165) is 36.9 Å². The molecule has 1 aromatic heterocycles. The molecule has 1 heterocycles. The fourth-order valence-corrected chi connectivity index (χ4v) is 2.86. The number of halogens is 1. The largest absolute Gasteiger partial charge is 0.354 e. The number of anilines is 2. The van der Waals surface area contributed by atoms with Crippen molar-refractivity contribution in [2.24, 2.45) is 0 Å². The summed E-state index contributed by atoms with van der Waals surface area (Å²) in [5.74, 6) is 1.59. The van der Waals surface area contributed by atoms with Crippen LogP contribution in [0.1, 0.15) is 18.1 Å². The molecule has 134 valence electrons. The van der Waals surface area contributed by atoms with Gasteiger partial charge in [0.15, 0.2) is 0 Å². The molecule has 5 heteroatoms. The van der Waals surface area contributed by atoms with Gasteiger partial charge in [0.05, 0.1) is 0 Å². The molecule has 4 nitrogen and oxygen atoms in total. The molecular weight excluding hydrogens is 344 g/mol. The van der Waals surface area contributed by atoms with Crippen LogP contribution in [0.15, 0.2) is 66.9 Å². The molecule has 3 rings (SSSR count). The Balaban J connectivity index is 1.60. The summed E-state index contributed by atoms with van der Waals surface area (Å²) in [5, 5.41) is 4.07. The van der Waals surface area contributed by atoms with Gasteiger partial charge in [-0.05, 0) is 42.7 Å². The maximum atomic E-state index is 5.92. The van der Waals surface area contributed by atoms with Gasteiger partial charge in [-0.2, -0.15) is 4.98 Å². The molecule has 0 bridgehead atoms. The third kappa shape index (κ3) is 5.20. The molecule has 0 saturated heterocycles. The Bertz CT molecular complexity index is 806. The lowest BCUT2D eigenvalue weighted by molar-refractivity contribution is 0.809. The van der Waals surface area contributed by atoms with Gasteiger partial charge in [0, 0.05) is 30.9 Å². The molecule has 0 aliphatic heterocycles. The van der Waals surface area contributed by atoms with E-state index in [4.69, 9.17) is 11.6 Å². The standard InChI is InChI=1S/C21H23ClN4/c1-2-26(16-18-6-4-3-5-7-18)20-13-15-24-21(25-20)23-14-12-17-8-10-19(22)11-9-17/h3-11,13,15H,2,12,14,16H2,1H3,(H,23,24,25). The minimum atomic E-state index is 0.656. The number of hydrogen-bond acceptors (Lipinski definition) is 4. The summed E-state index contributed by atoms with van der Waals surface area (Å²) in [6.45, 7) is 4.63. The van der Waals surface area contributed by atoms with Crippen LogP contribution < -0.4 is 10.2 Å². The van der Waals surface area contributed by atoms with Crippen LogP contribution in [0.3, 0.4) is 0 Å². The van der Waals surface area contributed by atoms with Gasteiger partial charge in [-0.25, -0.2) is 4.98 Å². The van der Waals surface area contributed by atoms with E-state index < -0.39 is 0 Å². The summed E-state index contributed by atoms with van der Waals surface area (Å²) in [7, 11) is 0. The molecule has 0 unspecified atom stereocenters. The van der Waals surface area contributed by atoms with Crippen LogP contribution in [0.2, 0.25) is 5.02 Å². The Morgan fingerprint density at radius 1 is 0.962 bits per heavy atom. The van der Waals surface area contributed by atoms with E-state index in [1.165, 1.54) is 11.1 Å². The lowest BCUT2D eigenvalue weighted by atomic mass is 10.1. The van der Waals surface area contributed by atoms with Crippen LogP contribution >= 0.6 is 11.6 Å². The number of hydrogen-bond donors (Lipinski definition) is 1. The molecule has 0 spiro atoms. The quantitative estimate of drug-likeness (QED) is 0.621. The number of aromatic nitrogens is 2. The first-order chi connectivity index (χ1) is 12.7. The number of nitrogens with zero attached hydrogens (tertiary/aromatic N) is 3. The van der Waals surface area contributed by atoms with Gasteiger partial charge in [0.2, 0.25) is 5.95 Å². The van der Waals surface area contributed by atoms with Crippen molar-refractivity contribution < 1.29 is 0 Å². The highest BCUT2D eigenvalue weighted by molar-refractivity contribution is 6.30. The van der Waals surface area contributed by atoms with Crippen LogP contribution in [-0.2, 0) is 13.0 Å². The molecule has 0 amide bonds. The average molecular weight is 367 g/mol. The van der Waals surface area contributed by atoms with Gasteiger partial charge >= 0.3 is 0 Å². The zero-order chi connectivity index (χ0) is 18.2. The highest BCUT2D eigenvalue weighted by Gasteiger charge is 2.08. The fraction of sp³-hybridized carbons (Fsp3) is 0.238.